The average molecular weight is 448 g/mol. The molecule has 3 heterocycles. The molecule has 2 aromatic carbocycles. The van der Waals surface area contributed by atoms with Gasteiger partial charge in [-0.2, -0.15) is 0 Å². The molecular formula is C27H30FN3O2. The summed E-state index contributed by atoms with van der Waals surface area (Å²) in [6, 6.07) is 9.17. The van der Waals surface area contributed by atoms with Gasteiger partial charge in [0.1, 0.15) is 18.2 Å². The summed E-state index contributed by atoms with van der Waals surface area (Å²) >= 11 is 0. The Kier molecular flexibility index (Phi) is 5.13. The van der Waals surface area contributed by atoms with Gasteiger partial charge < -0.3 is 14.6 Å². The van der Waals surface area contributed by atoms with Crippen molar-refractivity contribution in [1.29, 1.82) is 0 Å². The Hall–Kier alpha value is -2.86. The number of aromatic nitrogens is 1. The van der Waals surface area contributed by atoms with Gasteiger partial charge in [-0.15, -0.1) is 0 Å². The minimum absolute atomic E-state index is 0.111. The van der Waals surface area contributed by atoms with Crippen LogP contribution in [0.1, 0.15) is 46.3 Å². The van der Waals surface area contributed by atoms with E-state index < -0.39 is 0 Å². The van der Waals surface area contributed by atoms with Crippen molar-refractivity contribution in [3.05, 3.63) is 64.6 Å². The highest BCUT2D eigenvalue weighted by molar-refractivity contribution is 5.99. The van der Waals surface area contributed by atoms with Gasteiger partial charge in [-0.1, -0.05) is 0 Å². The molecular weight excluding hydrogens is 417 g/mol. The lowest BCUT2D eigenvalue weighted by atomic mass is 9.93. The summed E-state index contributed by atoms with van der Waals surface area (Å²) in [5.74, 6) is 1.66. The van der Waals surface area contributed by atoms with E-state index in [0.29, 0.717) is 19.2 Å². The minimum atomic E-state index is -0.187. The Morgan fingerprint density at radius 1 is 1.21 bits per heavy atom. The van der Waals surface area contributed by atoms with E-state index in [0.717, 1.165) is 66.0 Å². The van der Waals surface area contributed by atoms with E-state index in [1.54, 1.807) is 11.0 Å². The summed E-state index contributed by atoms with van der Waals surface area (Å²) in [4.78, 5) is 20.1. The zero-order valence-electron chi connectivity index (χ0n) is 19.1. The van der Waals surface area contributed by atoms with E-state index in [2.05, 4.69) is 9.88 Å². The highest BCUT2D eigenvalue weighted by Crippen LogP contribution is 2.37. The Labute approximate surface area is 193 Å². The second-order valence-electron chi connectivity index (χ2n) is 9.94. The average Bonchev–Trinajstić information content (AvgIpc) is 3.48. The van der Waals surface area contributed by atoms with Crippen molar-refractivity contribution in [3.8, 4) is 5.75 Å². The molecule has 1 aromatic heterocycles. The third-order valence-electron chi connectivity index (χ3n) is 7.56. The summed E-state index contributed by atoms with van der Waals surface area (Å²) in [5, 5.41) is 0.989. The van der Waals surface area contributed by atoms with Crippen molar-refractivity contribution in [2.75, 3.05) is 26.7 Å². The smallest absolute Gasteiger partial charge is 0.254 e. The van der Waals surface area contributed by atoms with Gasteiger partial charge >= 0.3 is 0 Å². The van der Waals surface area contributed by atoms with Gasteiger partial charge in [-0.05, 0) is 86.0 Å². The fourth-order valence-corrected chi connectivity index (χ4v) is 5.53. The number of ether oxygens (including phenoxy) is 1. The van der Waals surface area contributed by atoms with E-state index >= 15 is 0 Å². The maximum atomic E-state index is 13.7. The molecule has 0 unspecified atom stereocenters. The van der Waals surface area contributed by atoms with E-state index in [-0.39, 0.29) is 11.7 Å². The van der Waals surface area contributed by atoms with Crippen LogP contribution < -0.4 is 4.74 Å². The number of amides is 1. The number of carbonyl (C=O) groups is 1. The predicted octanol–water partition coefficient (Wildman–Crippen LogP) is 4.54. The molecule has 6 rings (SSSR count). The van der Waals surface area contributed by atoms with Crippen molar-refractivity contribution < 1.29 is 13.9 Å². The molecule has 1 fully saturated rings. The van der Waals surface area contributed by atoms with Crippen LogP contribution in [0.4, 0.5) is 4.39 Å². The Morgan fingerprint density at radius 2 is 2.09 bits per heavy atom. The van der Waals surface area contributed by atoms with E-state index in [1.165, 1.54) is 30.0 Å². The lowest BCUT2D eigenvalue weighted by Gasteiger charge is -2.36. The molecule has 0 spiro atoms. The van der Waals surface area contributed by atoms with Crippen LogP contribution in [0.5, 0.6) is 5.75 Å². The summed E-state index contributed by atoms with van der Waals surface area (Å²) in [5.41, 5.74) is 5.37. The first-order valence-electron chi connectivity index (χ1n) is 12.1. The molecule has 1 aliphatic carbocycles. The number of aromatic amines is 1. The van der Waals surface area contributed by atoms with Gasteiger partial charge in [0.25, 0.3) is 5.91 Å². The van der Waals surface area contributed by atoms with Crippen molar-refractivity contribution >= 4 is 16.8 Å². The highest BCUT2D eigenvalue weighted by atomic mass is 19.1. The summed E-state index contributed by atoms with van der Waals surface area (Å²) in [6.45, 7) is 3.48. The first kappa shape index (κ1) is 20.7. The molecule has 3 aliphatic rings. The number of nitrogens with zero attached hydrogens (tertiary/aromatic N) is 2. The number of rotatable bonds is 7. The van der Waals surface area contributed by atoms with Crippen LogP contribution in [-0.4, -0.2) is 53.5 Å². The van der Waals surface area contributed by atoms with Gasteiger partial charge in [-0.25, -0.2) is 4.39 Å². The molecule has 172 valence electrons. The fraction of sp³-hybridized carbons (Fsp3) is 0.444. The van der Waals surface area contributed by atoms with E-state index in [4.69, 9.17) is 4.74 Å². The van der Waals surface area contributed by atoms with Gasteiger partial charge in [0.15, 0.2) is 0 Å². The van der Waals surface area contributed by atoms with Gasteiger partial charge in [0.2, 0.25) is 0 Å². The van der Waals surface area contributed by atoms with Gasteiger partial charge in [0, 0.05) is 54.4 Å². The topological polar surface area (TPSA) is 48.6 Å². The number of benzene rings is 2. The highest BCUT2D eigenvalue weighted by Gasteiger charge is 2.35. The minimum Gasteiger partial charge on any atom is -0.492 e. The second-order valence-corrected chi connectivity index (χ2v) is 9.94. The summed E-state index contributed by atoms with van der Waals surface area (Å²) < 4.78 is 20.0. The molecule has 1 amide bonds. The quantitative estimate of drug-likeness (QED) is 0.579. The second kappa shape index (κ2) is 8.17. The maximum Gasteiger partial charge on any atom is 0.254 e. The SMILES string of the molecule is CN1Cc2c(ccc3c2C[C@@H](N(CCCc2c[nH]c4ccc(F)cc24)CC2CC2)CO3)C1=O. The number of nitrogens with one attached hydrogen (secondary N) is 1. The molecule has 0 bridgehead atoms. The van der Waals surface area contributed by atoms with E-state index in [9.17, 15) is 9.18 Å². The molecule has 5 nitrogen and oxygen atoms in total. The number of hydrogen-bond acceptors (Lipinski definition) is 3. The van der Waals surface area contributed by atoms with Crippen LogP contribution in [0.15, 0.2) is 36.5 Å². The third kappa shape index (κ3) is 3.90. The van der Waals surface area contributed by atoms with Crippen molar-refractivity contribution in [2.45, 2.75) is 44.7 Å². The summed E-state index contributed by atoms with van der Waals surface area (Å²) in [6.07, 6.45) is 7.53. The van der Waals surface area contributed by atoms with Crippen LogP contribution in [0, 0.1) is 11.7 Å². The molecule has 1 N–H and O–H groups in total. The largest absolute Gasteiger partial charge is 0.492 e. The van der Waals surface area contributed by atoms with Gasteiger partial charge in [0.05, 0.1) is 0 Å². The molecule has 0 saturated heterocycles. The molecule has 2 aliphatic heterocycles. The zero-order chi connectivity index (χ0) is 22.5. The van der Waals surface area contributed by atoms with Crippen molar-refractivity contribution in [1.82, 2.24) is 14.8 Å². The zero-order valence-corrected chi connectivity index (χ0v) is 19.1. The third-order valence-corrected chi connectivity index (χ3v) is 7.56. The lowest BCUT2D eigenvalue weighted by molar-refractivity contribution is 0.0816. The molecule has 0 radical (unpaired) electrons. The molecule has 1 saturated carbocycles. The van der Waals surface area contributed by atoms with Crippen molar-refractivity contribution in [3.63, 3.8) is 0 Å². The molecule has 1 atom stereocenters. The molecule has 6 heteroatoms. The Morgan fingerprint density at radius 3 is 2.94 bits per heavy atom. The first-order chi connectivity index (χ1) is 16.1. The molecule has 33 heavy (non-hydrogen) atoms. The predicted molar refractivity (Wildman–Crippen MR) is 126 cm³/mol. The van der Waals surface area contributed by atoms with Crippen LogP contribution in [0.25, 0.3) is 10.9 Å². The number of halogens is 1. The number of fused-ring (bicyclic) bond motifs is 4. The number of aryl methyl sites for hydroxylation is 1. The Balaban J connectivity index is 1.18. The normalized spacial score (nSPS) is 19.8. The maximum absolute atomic E-state index is 13.7. The fourth-order valence-electron chi connectivity index (χ4n) is 5.53. The first-order valence-corrected chi connectivity index (χ1v) is 12.1. The van der Waals surface area contributed by atoms with E-state index in [1.807, 2.05) is 31.4 Å². The Bertz CT molecular complexity index is 1220. The number of H-pyrrole nitrogens is 1. The van der Waals surface area contributed by atoms with Crippen LogP contribution in [0.3, 0.4) is 0 Å². The number of hydrogen-bond donors (Lipinski definition) is 1. The molecule has 3 aromatic rings. The standard InChI is InChI=1S/C27H30FN3O2/c1-30-15-24-21(27(30)32)7-9-26-23(24)12-20(16-33-26)31(14-17-4-5-17)10-2-3-18-13-29-25-8-6-19(28)11-22(18)25/h6-9,11,13,17,20,29H,2-5,10,12,14-16H2,1H3/t20-/m1/s1. The van der Waals surface area contributed by atoms with Crippen LogP contribution in [-0.2, 0) is 19.4 Å². The van der Waals surface area contributed by atoms with Crippen LogP contribution >= 0.6 is 0 Å². The van der Waals surface area contributed by atoms with Crippen molar-refractivity contribution in [2.24, 2.45) is 5.92 Å². The monoisotopic (exact) mass is 447 g/mol. The van der Waals surface area contributed by atoms with Crippen LogP contribution in [0.2, 0.25) is 0 Å². The lowest BCUT2D eigenvalue weighted by Crippen LogP contribution is -2.45. The summed E-state index contributed by atoms with van der Waals surface area (Å²) in [7, 11) is 1.87. The van der Waals surface area contributed by atoms with Gasteiger partial charge in [-0.3, -0.25) is 9.69 Å². The number of carbonyl (C=O) groups excluding carboxylic acids is 1.